The Morgan fingerprint density at radius 2 is 2.08 bits per heavy atom. The summed E-state index contributed by atoms with van der Waals surface area (Å²) in [4.78, 5) is 11.2. The maximum Gasteiger partial charge on any atom is 0.238 e. The number of hydrogen-bond acceptors (Lipinski definition) is 3. The van der Waals surface area contributed by atoms with Gasteiger partial charge in [0.05, 0.1) is 0 Å². The second kappa shape index (κ2) is 3.43. The summed E-state index contributed by atoms with van der Waals surface area (Å²) in [5, 5.41) is 1.76. The SMILES string of the molecule is CS(=O)(=O)C1CCCCNC1=O. The molecule has 1 heterocycles. The summed E-state index contributed by atoms with van der Waals surface area (Å²) in [5.41, 5.74) is 0. The van der Waals surface area contributed by atoms with Gasteiger partial charge in [0.25, 0.3) is 0 Å². The zero-order valence-corrected chi connectivity index (χ0v) is 7.86. The molecule has 1 N–H and O–H groups in total. The number of amides is 1. The van der Waals surface area contributed by atoms with Crippen LogP contribution in [0.3, 0.4) is 0 Å². The van der Waals surface area contributed by atoms with Gasteiger partial charge in [-0.05, 0) is 19.3 Å². The molecule has 0 aromatic carbocycles. The molecule has 0 aromatic rings. The van der Waals surface area contributed by atoms with Crippen molar-refractivity contribution in [3.05, 3.63) is 0 Å². The zero-order chi connectivity index (χ0) is 9.19. The van der Waals surface area contributed by atoms with Crippen LogP contribution in [0.2, 0.25) is 0 Å². The smallest absolute Gasteiger partial charge is 0.238 e. The van der Waals surface area contributed by atoms with E-state index in [1.165, 1.54) is 0 Å². The topological polar surface area (TPSA) is 63.2 Å². The van der Waals surface area contributed by atoms with Gasteiger partial charge in [-0.3, -0.25) is 4.79 Å². The van der Waals surface area contributed by atoms with Crippen LogP contribution in [-0.4, -0.2) is 32.4 Å². The van der Waals surface area contributed by atoms with Crippen LogP contribution in [0.15, 0.2) is 0 Å². The third-order valence-electron chi connectivity index (χ3n) is 2.00. The van der Waals surface area contributed by atoms with Crippen molar-refractivity contribution < 1.29 is 13.2 Å². The first kappa shape index (κ1) is 9.51. The van der Waals surface area contributed by atoms with Gasteiger partial charge in [0.1, 0.15) is 5.25 Å². The molecule has 0 radical (unpaired) electrons. The molecule has 1 rings (SSSR count). The van der Waals surface area contributed by atoms with Gasteiger partial charge >= 0.3 is 0 Å². The number of carbonyl (C=O) groups is 1. The van der Waals surface area contributed by atoms with Crippen molar-refractivity contribution in [3.63, 3.8) is 0 Å². The second-order valence-electron chi connectivity index (χ2n) is 3.10. The first-order chi connectivity index (χ1) is 5.52. The molecule has 0 aliphatic carbocycles. The fourth-order valence-corrected chi connectivity index (χ4v) is 2.39. The first-order valence-electron chi connectivity index (χ1n) is 3.98. The van der Waals surface area contributed by atoms with Crippen LogP contribution in [0, 0.1) is 0 Å². The highest BCUT2D eigenvalue weighted by Crippen LogP contribution is 2.12. The summed E-state index contributed by atoms with van der Waals surface area (Å²) in [6.07, 6.45) is 3.25. The Bertz CT molecular complexity index is 270. The van der Waals surface area contributed by atoms with Gasteiger partial charge in [0.2, 0.25) is 5.91 Å². The average molecular weight is 191 g/mol. The number of sulfone groups is 1. The Balaban J connectivity index is 2.80. The summed E-state index contributed by atoms with van der Waals surface area (Å²) >= 11 is 0. The van der Waals surface area contributed by atoms with E-state index in [0.717, 1.165) is 19.1 Å². The van der Waals surface area contributed by atoms with Gasteiger partial charge < -0.3 is 5.32 Å². The molecular weight excluding hydrogens is 178 g/mol. The Morgan fingerprint density at radius 1 is 1.42 bits per heavy atom. The molecule has 4 nitrogen and oxygen atoms in total. The van der Waals surface area contributed by atoms with E-state index in [9.17, 15) is 13.2 Å². The van der Waals surface area contributed by atoms with Crippen LogP contribution in [0.25, 0.3) is 0 Å². The lowest BCUT2D eigenvalue weighted by Gasteiger charge is -2.09. The van der Waals surface area contributed by atoms with E-state index in [-0.39, 0.29) is 5.91 Å². The van der Waals surface area contributed by atoms with Crippen LogP contribution in [0.4, 0.5) is 0 Å². The Hall–Kier alpha value is -0.580. The lowest BCUT2D eigenvalue weighted by Crippen LogP contribution is -2.37. The quantitative estimate of drug-likeness (QED) is 0.619. The zero-order valence-electron chi connectivity index (χ0n) is 7.04. The number of carbonyl (C=O) groups excluding carboxylic acids is 1. The van der Waals surface area contributed by atoms with Crippen molar-refractivity contribution in [2.45, 2.75) is 24.5 Å². The molecule has 0 saturated carbocycles. The molecule has 1 aliphatic heterocycles. The summed E-state index contributed by atoms with van der Waals surface area (Å²) in [6, 6.07) is 0. The predicted octanol–water partition coefficient (Wildman–Crippen LogP) is -0.300. The molecule has 5 heteroatoms. The number of nitrogens with one attached hydrogen (secondary N) is 1. The second-order valence-corrected chi connectivity index (χ2v) is 5.33. The van der Waals surface area contributed by atoms with E-state index >= 15 is 0 Å². The van der Waals surface area contributed by atoms with Gasteiger partial charge in [-0.25, -0.2) is 8.42 Å². The molecular formula is C7H13NO3S. The van der Waals surface area contributed by atoms with Gasteiger partial charge in [0, 0.05) is 12.8 Å². The molecule has 12 heavy (non-hydrogen) atoms. The minimum Gasteiger partial charge on any atom is -0.355 e. The molecule has 0 bridgehead atoms. The Kier molecular flexibility index (Phi) is 2.72. The van der Waals surface area contributed by atoms with Gasteiger partial charge in [-0.2, -0.15) is 0 Å². The van der Waals surface area contributed by atoms with Crippen LogP contribution in [0.1, 0.15) is 19.3 Å². The molecule has 1 amide bonds. The van der Waals surface area contributed by atoms with Gasteiger partial charge in [-0.1, -0.05) is 0 Å². The summed E-state index contributed by atoms with van der Waals surface area (Å²) in [5.74, 6) is -0.338. The lowest BCUT2D eigenvalue weighted by atomic mass is 10.2. The normalized spacial score (nSPS) is 26.1. The van der Waals surface area contributed by atoms with Crippen molar-refractivity contribution in [3.8, 4) is 0 Å². The third-order valence-corrected chi connectivity index (χ3v) is 3.49. The van der Waals surface area contributed by atoms with Crippen molar-refractivity contribution in [2.24, 2.45) is 0 Å². The Labute approximate surface area is 72.3 Å². The van der Waals surface area contributed by atoms with Crippen molar-refractivity contribution in [2.75, 3.05) is 12.8 Å². The van der Waals surface area contributed by atoms with E-state index in [4.69, 9.17) is 0 Å². The van der Waals surface area contributed by atoms with E-state index in [0.29, 0.717) is 13.0 Å². The van der Waals surface area contributed by atoms with Crippen molar-refractivity contribution in [1.29, 1.82) is 0 Å². The largest absolute Gasteiger partial charge is 0.355 e. The highest BCUT2D eigenvalue weighted by molar-refractivity contribution is 7.92. The lowest BCUT2D eigenvalue weighted by molar-refractivity contribution is -0.120. The standard InChI is InChI=1S/C7H13NO3S/c1-12(10,11)6-4-2-3-5-8-7(6)9/h6H,2-5H2,1H3,(H,8,9). The average Bonchev–Trinajstić information content (AvgIpc) is 2.11. The predicted molar refractivity (Wildman–Crippen MR) is 45.5 cm³/mol. The maximum absolute atomic E-state index is 11.2. The van der Waals surface area contributed by atoms with Crippen LogP contribution in [0.5, 0.6) is 0 Å². The highest BCUT2D eigenvalue weighted by atomic mass is 32.2. The molecule has 1 fully saturated rings. The Morgan fingerprint density at radius 3 is 2.67 bits per heavy atom. The summed E-state index contributed by atoms with van der Waals surface area (Å²) < 4.78 is 22.2. The van der Waals surface area contributed by atoms with Gasteiger partial charge in [0.15, 0.2) is 9.84 Å². The minimum absolute atomic E-state index is 0.338. The summed E-state index contributed by atoms with van der Waals surface area (Å²) in [7, 11) is -3.21. The van der Waals surface area contributed by atoms with Crippen molar-refractivity contribution >= 4 is 15.7 Å². The van der Waals surface area contributed by atoms with Crippen LogP contribution >= 0.6 is 0 Å². The van der Waals surface area contributed by atoms with E-state index in [2.05, 4.69) is 5.32 Å². The van der Waals surface area contributed by atoms with Crippen LogP contribution in [-0.2, 0) is 14.6 Å². The summed E-state index contributed by atoms with van der Waals surface area (Å²) in [6.45, 7) is 0.602. The fourth-order valence-electron chi connectivity index (χ4n) is 1.32. The molecule has 1 saturated heterocycles. The van der Waals surface area contributed by atoms with Gasteiger partial charge in [-0.15, -0.1) is 0 Å². The monoisotopic (exact) mass is 191 g/mol. The number of hydrogen-bond donors (Lipinski definition) is 1. The molecule has 1 atom stereocenters. The van der Waals surface area contributed by atoms with E-state index in [1.807, 2.05) is 0 Å². The van der Waals surface area contributed by atoms with E-state index < -0.39 is 15.1 Å². The maximum atomic E-state index is 11.2. The molecule has 0 spiro atoms. The molecule has 0 aromatic heterocycles. The third kappa shape index (κ3) is 2.20. The van der Waals surface area contributed by atoms with E-state index in [1.54, 1.807) is 0 Å². The molecule has 1 aliphatic rings. The van der Waals surface area contributed by atoms with Crippen molar-refractivity contribution in [1.82, 2.24) is 5.32 Å². The minimum atomic E-state index is -3.21. The molecule has 1 unspecified atom stereocenters. The first-order valence-corrected chi connectivity index (χ1v) is 5.94. The number of rotatable bonds is 1. The fraction of sp³-hybridized carbons (Fsp3) is 0.857. The molecule has 70 valence electrons. The highest BCUT2D eigenvalue weighted by Gasteiger charge is 2.29. The van der Waals surface area contributed by atoms with Crippen LogP contribution < -0.4 is 5.32 Å².